The van der Waals surface area contributed by atoms with Crippen LogP contribution < -0.4 is 10.6 Å². The van der Waals surface area contributed by atoms with E-state index in [0.717, 1.165) is 32.4 Å². The van der Waals surface area contributed by atoms with Gasteiger partial charge in [0.15, 0.2) is 0 Å². The maximum Gasteiger partial charge on any atom is 0.338 e. The number of rotatable bonds is 4. The molecule has 1 aliphatic heterocycles. The minimum Gasteiger partial charge on any atom is -0.462 e. The molecule has 22 heavy (non-hydrogen) atoms. The molecule has 1 spiro atoms. The summed E-state index contributed by atoms with van der Waals surface area (Å²) in [5, 5.41) is 6.28. The van der Waals surface area contributed by atoms with Crippen LogP contribution in [-0.4, -0.2) is 31.6 Å². The van der Waals surface area contributed by atoms with Crippen LogP contribution in [0.2, 0.25) is 0 Å². The average molecular weight is 302 g/mol. The number of carbonyl (C=O) groups is 2. The molecular formula is C17H22N2O3. The van der Waals surface area contributed by atoms with Gasteiger partial charge in [-0.1, -0.05) is 6.07 Å². The van der Waals surface area contributed by atoms with Gasteiger partial charge in [-0.2, -0.15) is 0 Å². The highest BCUT2D eigenvalue weighted by atomic mass is 16.5. The lowest BCUT2D eigenvalue weighted by atomic mass is 9.92. The average Bonchev–Trinajstić information content (AvgIpc) is 3.22. The minimum atomic E-state index is -0.361. The predicted octanol–water partition coefficient (Wildman–Crippen LogP) is 2.19. The number of hydrogen-bond donors (Lipinski definition) is 2. The number of anilines is 1. The molecule has 3 rings (SSSR count). The second-order valence-electron chi connectivity index (χ2n) is 6.16. The van der Waals surface area contributed by atoms with Crippen LogP contribution in [-0.2, 0) is 9.53 Å². The Morgan fingerprint density at radius 3 is 2.86 bits per heavy atom. The van der Waals surface area contributed by atoms with Crippen molar-refractivity contribution in [2.75, 3.05) is 25.0 Å². The Hall–Kier alpha value is -1.88. The van der Waals surface area contributed by atoms with Gasteiger partial charge in [0, 0.05) is 11.6 Å². The number of ether oxygens (including phenoxy) is 1. The summed E-state index contributed by atoms with van der Waals surface area (Å²) < 4.78 is 4.98. The van der Waals surface area contributed by atoms with Crippen molar-refractivity contribution in [1.82, 2.24) is 5.32 Å². The van der Waals surface area contributed by atoms with E-state index in [9.17, 15) is 9.59 Å². The van der Waals surface area contributed by atoms with E-state index < -0.39 is 0 Å². The fourth-order valence-corrected chi connectivity index (χ4v) is 3.36. The van der Waals surface area contributed by atoms with Gasteiger partial charge >= 0.3 is 5.97 Å². The van der Waals surface area contributed by atoms with E-state index >= 15 is 0 Å². The van der Waals surface area contributed by atoms with E-state index in [1.807, 2.05) is 0 Å². The summed E-state index contributed by atoms with van der Waals surface area (Å²) in [6.45, 7) is 4.12. The van der Waals surface area contributed by atoms with Crippen molar-refractivity contribution < 1.29 is 14.3 Å². The summed E-state index contributed by atoms with van der Waals surface area (Å²) in [5.74, 6) is -0.177. The van der Waals surface area contributed by atoms with Gasteiger partial charge in [-0.15, -0.1) is 0 Å². The summed E-state index contributed by atoms with van der Waals surface area (Å²) in [6, 6.07) is 6.93. The predicted molar refractivity (Wildman–Crippen MR) is 83.7 cm³/mol. The molecule has 2 fully saturated rings. The normalized spacial score (nSPS) is 22.1. The van der Waals surface area contributed by atoms with E-state index in [0.29, 0.717) is 17.9 Å². The number of hydrogen-bond acceptors (Lipinski definition) is 4. The Morgan fingerprint density at radius 2 is 2.14 bits per heavy atom. The molecule has 1 unspecified atom stereocenters. The first-order valence-corrected chi connectivity index (χ1v) is 7.93. The standard InChI is InChI=1S/C17H22N2O3/c1-2-22-16(21)12-4-3-5-13(10-12)19-15(20)14-11-17(14)6-8-18-9-7-17/h3-5,10,14,18H,2,6-9,11H2,1H3,(H,19,20). The molecule has 0 aromatic heterocycles. The van der Waals surface area contributed by atoms with E-state index in [1.165, 1.54) is 0 Å². The van der Waals surface area contributed by atoms with Gasteiger partial charge in [0.05, 0.1) is 12.2 Å². The zero-order valence-corrected chi connectivity index (χ0v) is 12.9. The molecule has 1 saturated heterocycles. The first-order chi connectivity index (χ1) is 10.6. The van der Waals surface area contributed by atoms with Crippen molar-refractivity contribution in [3.63, 3.8) is 0 Å². The van der Waals surface area contributed by atoms with E-state index in [1.54, 1.807) is 31.2 Å². The maximum atomic E-state index is 12.4. The third kappa shape index (κ3) is 2.99. The van der Waals surface area contributed by atoms with E-state index in [-0.39, 0.29) is 23.2 Å². The molecule has 2 N–H and O–H groups in total. The zero-order chi connectivity index (χ0) is 15.6. The lowest BCUT2D eigenvalue weighted by molar-refractivity contribution is -0.118. The van der Waals surface area contributed by atoms with Crippen molar-refractivity contribution in [3.8, 4) is 0 Å². The molecule has 1 aromatic rings. The van der Waals surface area contributed by atoms with Crippen molar-refractivity contribution in [2.24, 2.45) is 11.3 Å². The molecular weight excluding hydrogens is 280 g/mol. The molecule has 1 atom stereocenters. The van der Waals surface area contributed by atoms with Crippen molar-refractivity contribution in [3.05, 3.63) is 29.8 Å². The second-order valence-corrected chi connectivity index (χ2v) is 6.16. The minimum absolute atomic E-state index is 0.0721. The quantitative estimate of drug-likeness (QED) is 0.837. The number of nitrogens with one attached hydrogen (secondary N) is 2. The molecule has 1 aromatic carbocycles. The smallest absolute Gasteiger partial charge is 0.338 e. The van der Waals surface area contributed by atoms with E-state index in [4.69, 9.17) is 4.74 Å². The molecule has 5 heteroatoms. The first kappa shape index (κ1) is 15.0. The van der Waals surface area contributed by atoms with Crippen LogP contribution in [0.4, 0.5) is 5.69 Å². The van der Waals surface area contributed by atoms with Crippen LogP contribution in [0.3, 0.4) is 0 Å². The van der Waals surface area contributed by atoms with Crippen LogP contribution in [0.5, 0.6) is 0 Å². The van der Waals surface area contributed by atoms with E-state index in [2.05, 4.69) is 10.6 Å². The van der Waals surface area contributed by atoms with Crippen molar-refractivity contribution >= 4 is 17.6 Å². The molecule has 0 bridgehead atoms. The van der Waals surface area contributed by atoms with Gasteiger partial charge in [-0.05, 0) is 62.9 Å². The molecule has 1 heterocycles. The summed E-state index contributed by atoms with van der Waals surface area (Å²) in [7, 11) is 0. The third-order valence-corrected chi connectivity index (χ3v) is 4.75. The lowest BCUT2D eigenvalue weighted by Gasteiger charge is -2.23. The summed E-state index contributed by atoms with van der Waals surface area (Å²) >= 11 is 0. The maximum absolute atomic E-state index is 12.4. The number of esters is 1. The SMILES string of the molecule is CCOC(=O)c1cccc(NC(=O)C2CC23CCNCC3)c1. The summed E-state index contributed by atoms with van der Waals surface area (Å²) in [6.07, 6.45) is 3.14. The van der Waals surface area contributed by atoms with Crippen molar-refractivity contribution in [2.45, 2.75) is 26.2 Å². The van der Waals surface area contributed by atoms with Crippen molar-refractivity contribution in [1.29, 1.82) is 0 Å². The van der Waals surface area contributed by atoms with Gasteiger partial charge in [-0.3, -0.25) is 4.79 Å². The molecule has 0 radical (unpaired) electrons. The Bertz CT molecular complexity index is 579. The molecule has 2 aliphatic rings. The third-order valence-electron chi connectivity index (χ3n) is 4.75. The Labute approximate surface area is 130 Å². The highest BCUT2D eigenvalue weighted by molar-refractivity contribution is 5.97. The Morgan fingerprint density at radius 1 is 1.36 bits per heavy atom. The summed E-state index contributed by atoms with van der Waals surface area (Å²) in [4.78, 5) is 24.1. The largest absolute Gasteiger partial charge is 0.462 e. The number of benzene rings is 1. The van der Waals surface area contributed by atoms with Gasteiger partial charge in [0.25, 0.3) is 0 Å². The molecule has 118 valence electrons. The van der Waals surface area contributed by atoms with Gasteiger partial charge in [0.2, 0.25) is 5.91 Å². The number of amides is 1. The zero-order valence-electron chi connectivity index (χ0n) is 12.9. The topological polar surface area (TPSA) is 67.4 Å². The van der Waals surface area contributed by atoms with Crippen LogP contribution in [0.15, 0.2) is 24.3 Å². The molecule has 1 saturated carbocycles. The highest BCUT2D eigenvalue weighted by Crippen LogP contribution is 2.58. The fraction of sp³-hybridized carbons (Fsp3) is 0.529. The van der Waals surface area contributed by atoms with Gasteiger partial charge in [-0.25, -0.2) is 4.79 Å². The molecule has 5 nitrogen and oxygen atoms in total. The fourth-order valence-electron chi connectivity index (χ4n) is 3.36. The van der Waals surface area contributed by atoms with Crippen LogP contribution in [0.1, 0.15) is 36.5 Å². The second kappa shape index (κ2) is 6.08. The summed E-state index contributed by atoms with van der Waals surface area (Å²) in [5.41, 5.74) is 1.34. The highest BCUT2D eigenvalue weighted by Gasteiger charge is 2.57. The molecule has 1 aliphatic carbocycles. The Kier molecular flexibility index (Phi) is 4.16. The first-order valence-electron chi connectivity index (χ1n) is 7.93. The van der Waals surface area contributed by atoms with Crippen LogP contribution in [0, 0.1) is 11.3 Å². The van der Waals surface area contributed by atoms with Gasteiger partial charge in [0.1, 0.15) is 0 Å². The van der Waals surface area contributed by atoms with Crippen LogP contribution >= 0.6 is 0 Å². The van der Waals surface area contributed by atoms with Gasteiger partial charge < -0.3 is 15.4 Å². The number of carbonyl (C=O) groups excluding carboxylic acids is 2. The van der Waals surface area contributed by atoms with Crippen LogP contribution in [0.25, 0.3) is 0 Å². The lowest BCUT2D eigenvalue weighted by Crippen LogP contribution is -2.31. The number of piperidine rings is 1. The molecule has 1 amide bonds. The Balaban J connectivity index is 1.62. The monoisotopic (exact) mass is 302 g/mol.